The average molecular weight is 357 g/mol. The van der Waals surface area contributed by atoms with Gasteiger partial charge in [0.25, 0.3) is 0 Å². The molecule has 0 aromatic rings. The molecular weight excluding hydrogens is 330 g/mol. The van der Waals surface area contributed by atoms with Crippen LogP contribution in [0.5, 0.6) is 0 Å². The van der Waals surface area contributed by atoms with Gasteiger partial charge in [-0.1, -0.05) is 45.4 Å². The third-order valence-electron chi connectivity index (χ3n) is 4.07. The van der Waals surface area contributed by atoms with Gasteiger partial charge in [0.15, 0.2) is 0 Å². The molecule has 1 aliphatic carbocycles. The number of nitrogens with two attached hydrogens (primary N) is 1. The molecule has 7 heteroatoms. The van der Waals surface area contributed by atoms with E-state index in [1.807, 2.05) is 0 Å². The lowest BCUT2D eigenvalue weighted by Crippen LogP contribution is -2.45. The molecule has 0 spiro atoms. The number of carbonyl (C=O) groups is 2. The largest absolute Gasteiger partial charge is 0.492 e. The van der Waals surface area contributed by atoms with E-state index in [0.29, 0.717) is 6.61 Å². The van der Waals surface area contributed by atoms with Gasteiger partial charge in [-0.3, -0.25) is 9.59 Å². The van der Waals surface area contributed by atoms with Crippen LogP contribution in [0, 0.1) is 5.92 Å². The number of aliphatic carboxylic acids is 2. The highest BCUT2D eigenvalue weighted by molar-refractivity contribution is 7.83. The Balaban J connectivity index is 2.52. The molecule has 0 radical (unpaired) electrons. The highest BCUT2D eigenvalue weighted by Gasteiger charge is 2.47. The molecule has 6 nitrogen and oxygen atoms in total. The van der Waals surface area contributed by atoms with E-state index in [2.05, 4.69) is 19.6 Å². The van der Waals surface area contributed by atoms with Gasteiger partial charge in [-0.2, -0.15) is 12.6 Å². The lowest BCUT2D eigenvalue weighted by Gasteiger charge is -2.30. The van der Waals surface area contributed by atoms with E-state index in [1.54, 1.807) is 0 Å². The Morgan fingerprint density at radius 2 is 1.79 bits per heavy atom. The molecule has 0 heterocycles. The predicted molar refractivity (Wildman–Crippen MR) is 94.8 cm³/mol. The van der Waals surface area contributed by atoms with Gasteiger partial charge in [0.1, 0.15) is 16.4 Å². The van der Waals surface area contributed by atoms with Gasteiger partial charge in [-0.25, -0.2) is 0 Å². The summed E-state index contributed by atoms with van der Waals surface area (Å²) in [5.74, 6) is -3.76. The van der Waals surface area contributed by atoms with E-state index in [1.165, 1.54) is 31.8 Å². The summed E-state index contributed by atoms with van der Waals surface area (Å²) in [5, 5.41) is 18.5. The second-order valence-corrected chi connectivity index (χ2v) is 6.79. The van der Waals surface area contributed by atoms with E-state index in [4.69, 9.17) is 10.5 Å². The molecule has 0 aromatic heterocycles. The molecule has 1 rings (SSSR count). The second kappa shape index (κ2) is 9.61. The Bertz CT molecular complexity index is 517. The number of thiol groups is 1. The van der Waals surface area contributed by atoms with Crippen LogP contribution < -0.4 is 5.73 Å². The smallest absolute Gasteiger partial charge is 0.324 e. The standard InChI is InChI=1S/C17H27NO5S/c1-2-3-4-5-6-7-8-9-23-14-10-12(15(19)20)17(24,16(21)22)11-13(14)18/h10-12,24H,2-9,18H2,1H3,(H,19,20)(H,21,22). The van der Waals surface area contributed by atoms with Crippen molar-refractivity contribution in [2.24, 2.45) is 11.7 Å². The molecular formula is C17H27NO5S. The third-order valence-corrected chi connectivity index (χ3v) is 4.66. The highest BCUT2D eigenvalue weighted by atomic mass is 32.1. The summed E-state index contributed by atoms with van der Waals surface area (Å²) in [6.07, 6.45) is 10.3. The van der Waals surface area contributed by atoms with Crippen molar-refractivity contribution in [3.05, 3.63) is 23.6 Å². The van der Waals surface area contributed by atoms with Crippen LogP contribution in [-0.4, -0.2) is 33.5 Å². The summed E-state index contributed by atoms with van der Waals surface area (Å²) in [5.41, 5.74) is 5.92. The molecule has 0 bridgehead atoms. The SMILES string of the molecule is CCCCCCCCCOC1=CC(C(=O)O)C(S)(C(=O)O)C=C1N. The molecule has 0 aliphatic heterocycles. The maximum atomic E-state index is 11.3. The molecule has 0 amide bonds. The molecule has 0 saturated carbocycles. The number of ether oxygens (including phenoxy) is 1. The van der Waals surface area contributed by atoms with Crippen molar-refractivity contribution < 1.29 is 24.5 Å². The fourth-order valence-electron chi connectivity index (χ4n) is 2.60. The van der Waals surface area contributed by atoms with Gasteiger partial charge in [-0.15, -0.1) is 0 Å². The van der Waals surface area contributed by atoms with E-state index >= 15 is 0 Å². The maximum Gasteiger partial charge on any atom is 0.324 e. The van der Waals surface area contributed by atoms with Crippen molar-refractivity contribution in [2.75, 3.05) is 6.61 Å². The summed E-state index contributed by atoms with van der Waals surface area (Å²) < 4.78 is 3.68. The molecule has 4 N–H and O–H groups in total. The average Bonchev–Trinajstić information content (AvgIpc) is 2.51. The zero-order valence-corrected chi connectivity index (χ0v) is 14.9. The minimum atomic E-state index is -1.87. The molecule has 1 aliphatic rings. The number of unbranched alkanes of at least 4 members (excludes halogenated alkanes) is 6. The lowest BCUT2D eigenvalue weighted by atomic mass is 9.85. The minimum Gasteiger partial charge on any atom is -0.492 e. The molecule has 136 valence electrons. The van der Waals surface area contributed by atoms with Gasteiger partial charge in [0.05, 0.1) is 12.3 Å². The summed E-state index contributed by atoms with van der Waals surface area (Å²) in [7, 11) is 0. The van der Waals surface area contributed by atoms with Gasteiger partial charge in [0, 0.05) is 0 Å². The molecule has 0 fully saturated rings. The van der Waals surface area contributed by atoms with Gasteiger partial charge in [0.2, 0.25) is 0 Å². The number of carboxylic acids is 2. The van der Waals surface area contributed by atoms with E-state index < -0.39 is 22.6 Å². The number of hydrogen-bond donors (Lipinski definition) is 4. The minimum absolute atomic E-state index is 0.104. The highest BCUT2D eigenvalue weighted by Crippen LogP contribution is 2.35. The van der Waals surface area contributed by atoms with Crippen molar-refractivity contribution in [1.82, 2.24) is 0 Å². The zero-order chi connectivity index (χ0) is 18.2. The van der Waals surface area contributed by atoms with Crippen LogP contribution >= 0.6 is 12.6 Å². The Morgan fingerprint density at radius 1 is 1.21 bits per heavy atom. The van der Waals surface area contributed by atoms with Crippen molar-refractivity contribution in [1.29, 1.82) is 0 Å². The lowest BCUT2D eigenvalue weighted by molar-refractivity contribution is -0.148. The van der Waals surface area contributed by atoms with Crippen LogP contribution in [0.3, 0.4) is 0 Å². The summed E-state index contributed by atoms with van der Waals surface area (Å²) in [4.78, 5) is 22.7. The van der Waals surface area contributed by atoms with Crippen molar-refractivity contribution >= 4 is 24.6 Å². The van der Waals surface area contributed by atoms with Gasteiger partial charge in [-0.05, 0) is 18.6 Å². The number of hydrogen-bond acceptors (Lipinski definition) is 5. The second-order valence-electron chi connectivity index (χ2n) is 6.05. The van der Waals surface area contributed by atoms with Crippen LogP contribution in [0.4, 0.5) is 0 Å². The zero-order valence-electron chi connectivity index (χ0n) is 14.0. The molecule has 24 heavy (non-hydrogen) atoms. The topological polar surface area (TPSA) is 110 Å². The van der Waals surface area contributed by atoms with Crippen LogP contribution in [0.2, 0.25) is 0 Å². The Morgan fingerprint density at radius 3 is 2.33 bits per heavy atom. The fourth-order valence-corrected chi connectivity index (χ4v) is 2.92. The quantitative estimate of drug-likeness (QED) is 0.334. The van der Waals surface area contributed by atoms with Crippen LogP contribution in [0.1, 0.15) is 51.9 Å². The molecule has 0 saturated heterocycles. The van der Waals surface area contributed by atoms with E-state index in [0.717, 1.165) is 25.3 Å². The third kappa shape index (κ3) is 5.47. The summed E-state index contributed by atoms with van der Waals surface area (Å²) in [6, 6.07) is 0. The van der Waals surface area contributed by atoms with E-state index in [-0.39, 0.29) is 11.5 Å². The van der Waals surface area contributed by atoms with E-state index in [9.17, 15) is 19.8 Å². The van der Waals surface area contributed by atoms with Gasteiger partial charge < -0.3 is 20.7 Å². The number of carboxylic acid groups (broad SMARTS) is 2. The van der Waals surface area contributed by atoms with Gasteiger partial charge >= 0.3 is 11.9 Å². The predicted octanol–water partition coefficient (Wildman–Crippen LogP) is 2.95. The first kappa shape index (κ1) is 20.4. The fraction of sp³-hybridized carbons (Fsp3) is 0.647. The maximum absolute atomic E-state index is 11.3. The molecule has 2 unspecified atom stereocenters. The monoisotopic (exact) mass is 357 g/mol. The Hall–Kier alpha value is -1.63. The van der Waals surface area contributed by atoms with Crippen molar-refractivity contribution in [3.8, 4) is 0 Å². The van der Waals surface area contributed by atoms with Crippen LogP contribution in [0.15, 0.2) is 23.6 Å². The van der Waals surface area contributed by atoms with Crippen molar-refractivity contribution in [3.63, 3.8) is 0 Å². The molecule has 2 atom stereocenters. The normalized spacial score (nSPS) is 23.3. The summed E-state index contributed by atoms with van der Waals surface area (Å²) >= 11 is 4.01. The van der Waals surface area contributed by atoms with Crippen molar-refractivity contribution in [2.45, 2.75) is 56.6 Å². The first-order chi connectivity index (χ1) is 11.3. The Labute approximate surface area is 148 Å². The van der Waals surface area contributed by atoms with Crippen LogP contribution in [0.25, 0.3) is 0 Å². The number of rotatable bonds is 11. The Kier molecular flexibility index (Phi) is 8.18. The van der Waals surface area contributed by atoms with Crippen LogP contribution in [-0.2, 0) is 14.3 Å². The first-order valence-electron chi connectivity index (χ1n) is 8.34. The summed E-state index contributed by atoms with van der Waals surface area (Å²) in [6.45, 7) is 2.60. The first-order valence-corrected chi connectivity index (χ1v) is 8.79. The molecule has 0 aromatic carbocycles.